The summed E-state index contributed by atoms with van der Waals surface area (Å²) in [6.07, 6.45) is 0. The summed E-state index contributed by atoms with van der Waals surface area (Å²) in [7, 11) is 2.12. The molecule has 2 rings (SSSR count). The monoisotopic (exact) mass is 402 g/mol. The largest absolute Gasteiger partial charge is 0.329 e. The summed E-state index contributed by atoms with van der Waals surface area (Å²) < 4.78 is 2.13. The van der Waals surface area contributed by atoms with Crippen LogP contribution < -0.4 is 5.73 Å². The van der Waals surface area contributed by atoms with E-state index in [1.54, 1.807) is 11.3 Å². The van der Waals surface area contributed by atoms with Gasteiger partial charge in [0.2, 0.25) is 0 Å². The van der Waals surface area contributed by atoms with Crippen LogP contribution in [0.5, 0.6) is 0 Å². The van der Waals surface area contributed by atoms with Crippen LogP contribution in [0.15, 0.2) is 44.7 Å². The van der Waals surface area contributed by atoms with Crippen molar-refractivity contribution in [3.8, 4) is 0 Å². The molecule has 0 aliphatic carbocycles. The van der Waals surface area contributed by atoms with E-state index >= 15 is 0 Å². The van der Waals surface area contributed by atoms with Gasteiger partial charge < -0.3 is 5.73 Å². The molecule has 0 saturated carbocycles. The smallest absolute Gasteiger partial charge is 0.0471 e. The zero-order valence-corrected chi connectivity index (χ0v) is 14.6. The van der Waals surface area contributed by atoms with Crippen LogP contribution in [0.25, 0.3) is 0 Å². The summed E-state index contributed by atoms with van der Waals surface area (Å²) >= 11 is 8.83. The Balaban J connectivity index is 2.16. The van der Waals surface area contributed by atoms with Crippen LogP contribution in [0.2, 0.25) is 0 Å². The number of halogens is 2. The van der Waals surface area contributed by atoms with Gasteiger partial charge in [-0.3, -0.25) is 4.90 Å². The second-order valence-corrected chi connectivity index (χ2v) is 7.16. The van der Waals surface area contributed by atoms with Crippen LogP contribution in [0.3, 0.4) is 0 Å². The Morgan fingerprint density at radius 2 is 2.05 bits per heavy atom. The lowest BCUT2D eigenvalue weighted by atomic mass is 10.1. The third-order valence-electron chi connectivity index (χ3n) is 3.07. The average molecular weight is 404 g/mol. The fraction of sp³-hybridized carbons (Fsp3) is 0.286. The van der Waals surface area contributed by atoms with Crippen molar-refractivity contribution in [2.75, 3.05) is 13.6 Å². The van der Waals surface area contributed by atoms with Gasteiger partial charge in [0, 0.05) is 33.0 Å². The second-order valence-electron chi connectivity index (χ2n) is 4.42. The van der Waals surface area contributed by atoms with Gasteiger partial charge in [-0.25, -0.2) is 0 Å². The maximum absolute atomic E-state index is 5.96. The molecule has 0 bridgehead atoms. The molecule has 1 aromatic carbocycles. The van der Waals surface area contributed by atoms with Gasteiger partial charge in [0.15, 0.2) is 0 Å². The van der Waals surface area contributed by atoms with Crippen LogP contribution in [-0.2, 0) is 6.54 Å². The number of nitrogens with zero attached hydrogens (tertiary/aromatic N) is 1. The molecular weight excluding hydrogens is 388 g/mol. The highest BCUT2D eigenvalue weighted by Crippen LogP contribution is 2.29. The third-order valence-corrected chi connectivity index (χ3v) is 5.81. The first-order valence-corrected chi connectivity index (χ1v) is 8.46. The van der Waals surface area contributed by atoms with E-state index < -0.39 is 0 Å². The molecule has 2 N–H and O–H groups in total. The zero-order chi connectivity index (χ0) is 13.8. The fourth-order valence-corrected chi connectivity index (χ4v) is 3.46. The minimum Gasteiger partial charge on any atom is -0.329 e. The summed E-state index contributed by atoms with van der Waals surface area (Å²) in [6, 6.07) is 10.8. The molecule has 1 atom stereocenters. The number of nitrogens with two attached hydrogens (primary N) is 1. The highest BCUT2D eigenvalue weighted by molar-refractivity contribution is 9.13. The minimum absolute atomic E-state index is 0.228. The van der Waals surface area contributed by atoms with E-state index in [0.717, 1.165) is 15.5 Å². The maximum Gasteiger partial charge on any atom is 0.0471 e. The van der Waals surface area contributed by atoms with Gasteiger partial charge in [-0.2, -0.15) is 0 Å². The van der Waals surface area contributed by atoms with Gasteiger partial charge >= 0.3 is 0 Å². The number of likely N-dealkylation sites (N-methyl/N-ethyl adjacent to an activating group) is 1. The van der Waals surface area contributed by atoms with Crippen molar-refractivity contribution in [1.29, 1.82) is 0 Å². The van der Waals surface area contributed by atoms with E-state index in [4.69, 9.17) is 5.73 Å². The van der Waals surface area contributed by atoms with E-state index in [0.29, 0.717) is 6.54 Å². The van der Waals surface area contributed by atoms with Crippen molar-refractivity contribution in [2.45, 2.75) is 12.6 Å². The Bertz CT molecular complexity index is 528. The van der Waals surface area contributed by atoms with Gasteiger partial charge in [-0.1, -0.05) is 12.1 Å². The molecule has 0 amide bonds. The molecule has 2 aromatic rings. The lowest BCUT2D eigenvalue weighted by molar-refractivity contribution is 0.244. The molecule has 1 unspecified atom stereocenters. The van der Waals surface area contributed by atoms with E-state index in [1.165, 1.54) is 10.4 Å². The van der Waals surface area contributed by atoms with E-state index in [-0.39, 0.29) is 6.04 Å². The third kappa shape index (κ3) is 3.89. The average Bonchev–Trinajstić information content (AvgIpc) is 2.87. The molecule has 0 fully saturated rings. The Morgan fingerprint density at radius 3 is 2.63 bits per heavy atom. The van der Waals surface area contributed by atoms with Crippen molar-refractivity contribution in [1.82, 2.24) is 4.90 Å². The Kier molecular flexibility index (Phi) is 5.59. The standard InChI is InChI=1S/C14H16Br2N2S/c1-18(9-11-3-2-6-19-11)14(8-17)10-4-5-12(15)13(16)7-10/h2-7,14H,8-9,17H2,1H3. The Labute approximate surface area is 134 Å². The van der Waals surface area contributed by atoms with Crippen LogP contribution in [0, 0.1) is 0 Å². The molecule has 0 saturated heterocycles. The molecule has 0 radical (unpaired) electrons. The topological polar surface area (TPSA) is 29.3 Å². The van der Waals surface area contributed by atoms with Crippen molar-refractivity contribution in [3.05, 3.63) is 55.1 Å². The zero-order valence-electron chi connectivity index (χ0n) is 10.6. The van der Waals surface area contributed by atoms with Gasteiger partial charge in [0.05, 0.1) is 0 Å². The lowest BCUT2D eigenvalue weighted by Gasteiger charge is -2.27. The van der Waals surface area contributed by atoms with Crippen LogP contribution >= 0.6 is 43.2 Å². The highest BCUT2D eigenvalue weighted by Gasteiger charge is 2.16. The van der Waals surface area contributed by atoms with Crippen molar-refractivity contribution >= 4 is 43.2 Å². The highest BCUT2D eigenvalue weighted by atomic mass is 79.9. The van der Waals surface area contributed by atoms with Gasteiger partial charge in [-0.05, 0) is 68.1 Å². The number of thiophene rings is 1. The minimum atomic E-state index is 0.228. The molecule has 0 aliphatic rings. The lowest BCUT2D eigenvalue weighted by Crippen LogP contribution is -2.29. The summed E-state index contributed by atoms with van der Waals surface area (Å²) in [5, 5.41) is 2.11. The number of hydrogen-bond acceptors (Lipinski definition) is 3. The van der Waals surface area contributed by atoms with Crippen LogP contribution in [0.4, 0.5) is 0 Å². The SMILES string of the molecule is CN(Cc1cccs1)C(CN)c1ccc(Br)c(Br)c1. The number of rotatable bonds is 5. The quantitative estimate of drug-likeness (QED) is 0.801. The molecular formula is C14H16Br2N2S. The summed E-state index contributed by atoms with van der Waals surface area (Å²) in [5.74, 6) is 0. The fourth-order valence-electron chi connectivity index (χ4n) is 2.05. The molecule has 0 spiro atoms. The van der Waals surface area contributed by atoms with Crippen molar-refractivity contribution in [3.63, 3.8) is 0 Å². The van der Waals surface area contributed by atoms with Crippen LogP contribution in [0.1, 0.15) is 16.5 Å². The molecule has 2 nitrogen and oxygen atoms in total. The van der Waals surface area contributed by atoms with Crippen molar-refractivity contribution < 1.29 is 0 Å². The normalized spacial score (nSPS) is 12.9. The second kappa shape index (κ2) is 6.99. The van der Waals surface area contributed by atoms with Crippen molar-refractivity contribution in [2.24, 2.45) is 5.73 Å². The first kappa shape index (κ1) is 15.2. The molecule has 1 aromatic heterocycles. The number of benzene rings is 1. The molecule has 5 heteroatoms. The summed E-state index contributed by atoms with van der Waals surface area (Å²) in [4.78, 5) is 3.65. The molecule has 0 aliphatic heterocycles. The molecule has 1 heterocycles. The first-order chi connectivity index (χ1) is 9.11. The van der Waals surface area contributed by atoms with Gasteiger partial charge in [0.25, 0.3) is 0 Å². The van der Waals surface area contributed by atoms with E-state index in [2.05, 4.69) is 79.5 Å². The molecule has 19 heavy (non-hydrogen) atoms. The van der Waals surface area contributed by atoms with Crippen LogP contribution in [-0.4, -0.2) is 18.5 Å². The predicted molar refractivity (Wildman–Crippen MR) is 89.4 cm³/mol. The van der Waals surface area contributed by atoms with E-state index in [9.17, 15) is 0 Å². The predicted octanol–water partition coefficient (Wildman–Crippen LogP) is 4.40. The maximum atomic E-state index is 5.96. The first-order valence-electron chi connectivity index (χ1n) is 5.99. The summed E-state index contributed by atoms with van der Waals surface area (Å²) in [6.45, 7) is 1.53. The number of hydrogen-bond donors (Lipinski definition) is 1. The summed E-state index contributed by atoms with van der Waals surface area (Å²) in [5.41, 5.74) is 7.19. The van der Waals surface area contributed by atoms with Gasteiger partial charge in [0.1, 0.15) is 0 Å². The Morgan fingerprint density at radius 1 is 1.26 bits per heavy atom. The van der Waals surface area contributed by atoms with E-state index in [1.807, 2.05) is 0 Å². The molecule has 102 valence electrons. The van der Waals surface area contributed by atoms with Gasteiger partial charge in [-0.15, -0.1) is 11.3 Å². The Hall–Kier alpha value is -0.200.